The van der Waals surface area contributed by atoms with Crippen LogP contribution in [0.15, 0.2) is 30.7 Å². The molecule has 7 nitrogen and oxygen atoms in total. The van der Waals surface area contributed by atoms with E-state index in [2.05, 4.69) is 16.9 Å². The fraction of sp³-hybridized carbons (Fsp3) is 0.500. The molecule has 1 fully saturated rings. The van der Waals surface area contributed by atoms with E-state index in [0.29, 0.717) is 18.2 Å². The Balaban J connectivity index is 1.82. The molecule has 0 saturated carbocycles. The number of amides is 1. The van der Waals surface area contributed by atoms with Gasteiger partial charge in [0.2, 0.25) is 5.91 Å². The third kappa shape index (κ3) is 3.51. The number of methoxy groups -OCH3 is 1. The van der Waals surface area contributed by atoms with Crippen molar-refractivity contribution in [2.45, 2.75) is 32.4 Å². The van der Waals surface area contributed by atoms with Gasteiger partial charge in [0.25, 0.3) is 0 Å². The monoisotopic (exact) mass is 344 g/mol. The number of imidazole rings is 1. The molecule has 0 aliphatic carbocycles. The van der Waals surface area contributed by atoms with Crippen molar-refractivity contribution in [2.24, 2.45) is 5.92 Å². The summed E-state index contributed by atoms with van der Waals surface area (Å²) in [7, 11) is 3.33. The zero-order chi connectivity index (χ0) is 17.8. The normalized spacial score (nSPS) is 20.3. The average Bonchev–Trinajstić information content (AvgIpc) is 3.15. The molecule has 2 aromatic rings. The van der Waals surface area contributed by atoms with E-state index in [1.165, 1.54) is 0 Å². The third-order valence-electron chi connectivity index (χ3n) is 4.61. The fourth-order valence-corrected chi connectivity index (χ4v) is 3.19. The van der Waals surface area contributed by atoms with Crippen LogP contribution in [-0.2, 0) is 16.1 Å². The highest BCUT2D eigenvalue weighted by molar-refractivity contribution is 5.94. The van der Waals surface area contributed by atoms with Crippen LogP contribution >= 0.6 is 0 Å². The van der Waals surface area contributed by atoms with Gasteiger partial charge in [0.15, 0.2) is 0 Å². The number of aromatic nitrogens is 3. The van der Waals surface area contributed by atoms with Crippen molar-refractivity contribution in [1.82, 2.24) is 14.5 Å². The largest absolute Gasteiger partial charge is 0.495 e. The second-order valence-corrected chi connectivity index (χ2v) is 6.07. The van der Waals surface area contributed by atoms with Gasteiger partial charge < -0.3 is 14.0 Å². The predicted octanol–water partition coefficient (Wildman–Crippen LogP) is 2.44. The van der Waals surface area contributed by atoms with Gasteiger partial charge in [0, 0.05) is 32.6 Å². The highest BCUT2D eigenvalue weighted by Crippen LogP contribution is 2.34. The summed E-state index contributed by atoms with van der Waals surface area (Å²) in [4.78, 5) is 23.4. The Morgan fingerprint density at radius 3 is 2.96 bits per heavy atom. The van der Waals surface area contributed by atoms with Gasteiger partial charge in [-0.05, 0) is 31.9 Å². The lowest BCUT2D eigenvalue weighted by Gasteiger charge is -2.33. The van der Waals surface area contributed by atoms with Crippen LogP contribution < -0.4 is 9.64 Å². The zero-order valence-electron chi connectivity index (χ0n) is 14.9. The number of carbonyl (C=O) groups excluding carboxylic acids is 1. The fourth-order valence-electron chi connectivity index (χ4n) is 3.19. The second-order valence-electron chi connectivity index (χ2n) is 6.07. The van der Waals surface area contributed by atoms with Gasteiger partial charge in [-0.2, -0.15) is 0 Å². The molecule has 134 valence electrons. The summed E-state index contributed by atoms with van der Waals surface area (Å²) in [5.74, 6) is 1.79. The van der Waals surface area contributed by atoms with Gasteiger partial charge in [-0.3, -0.25) is 9.69 Å². The number of aryl methyl sites for hydroxylation is 1. The summed E-state index contributed by atoms with van der Waals surface area (Å²) < 4.78 is 13.1. The highest BCUT2D eigenvalue weighted by atomic mass is 16.5. The maximum atomic E-state index is 13.1. The summed E-state index contributed by atoms with van der Waals surface area (Å²) in [5.41, 5.74) is 0. The van der Waals surface area contributed by atoms with E-state index < -0.39 is 0 Å². The summed E-state index contributed by atoms with van der Waals surface area (Å²) in [6, 6.07) is 3.58. The van der Waals surface area contributed by atoms with Crippen molar-refractivity contribution >= 4 is 11.7 Å². The minimum atomic E-state index is -0.322. The van der Waals surface area contributed by atoms with E-state index in [4.69, 9.17) is 9.47 Å². The smallest absolute Gasteiger partial charge is 0.234 e. The van der Waals surface area contributed by atoms with E-state index in [0.717, 1.165) is 25.2 Å². The number of ether oxygens (including phenoxy) is 2. The van der Waals surface area contributed by atoms with Crippen LogP contribution in [0.4, 0.5) is 5.82 Å². The number of hydrogen-bond acceptors (Lipinski definition) is 5. The molecule has 0 N–H and O–H groups in total. The minimum absolute atomic E-state index is 0.00646. The summed E-state index contributed by atoms with van der Waals surface area (Å²) >= 11 is 0. The van der Waals surface area contributed by atoms with Gasteiger partial charge in [-0.15, -0.1) is 0 Å². The Morgan fingerprint density at radius 2 is 2.28 bits per heavy atom. The first-order valence-corrected chi connectivity index (χ1v) is 8.56. The van der Waals surface area contributed by atoms with Crippen LogP contribution in [0.1, 0.15) is 31.7 Å². The van der Waals surface area contributed by atoms with Crippen molar-refractivity contribution < 1.29 is 14.3 Å². The standard InChI is InChI=1S/C18H24N4O3/c1-4-22-10-9-19-17(22)16-14(6-5-11-25-16)18(23)21(2)15-8-7-13(24-3)12-20-15/h7-10,12,14,16H,4-6,11H2,1-3H3/t14-,16-/m1/s1. The molecular formula is C18H24N4O3. The van der Waals surface area contributed by atoms with Gasteiger partial charge in [0.1, 0.15) is 23.5 Å². The van der Waals surface area contributed by atoms with Crippen molar-refractivity contribution in [3.05, 3.63) is 36.5 Å². The van der Waals surface area contributed by atoms with Gasteiger partial charge in [-0.25, -0.2) is 9.97 Å². The molecule has 1 aliphatic rings. The first kappa shape index (κ1) is 17.4. The van der Waals surface area contributed by atoms with Crippen molar-refractivity contribution in [1.29, 1.82) is 0 Å². The van der Waals surface area contributed by atoms with Gasteiger partial charge >= 0.3 is 0 Å². The van der Waals surface area contributed by atoms with Crippen molar-refractivity contribution in [3.8, 4) is 5.75 Å². The number of nitrogens with zero attached hydrogens (tertiary/aromatic N) is 4. The van der Waals surface area contributed by atoms with Crippen LogP contribution in [0.5, 0.6) is 5.75 Å². The molecule has 0 bridgehead atoms. The van der Waals surface area contributed by atoms with E-state index in [9.17, 15) is 4.79 Å². The molecule has 25 heavy (non-hydrogen) atoms. The first-order chi connectivity index (χ1) is 12.2. The van der Waals surface area contributed by atoms with E-state index in [1.807, 2.05) is 10.8 Å². The topological polar surface area (TPSA) is 69.5 Å². The predicted molar refractivity (Wildman–Crippen MR) is 93.5 cm³/mol. The van der Waals surface area contributed by atoms with Crippen LogP contribution in [-0.4, -0.2) is 41.2 Å². The molecule has 7 heteroatoms. The number of rotatable bonds is 5. The van der Waals surface area contributed by atoms with Crippen molar-refractivity contribution in [2.75, 3.05) is 25.7 Å². The average molecular weight is 344 g/mol. The second kappa shape index (κ2) is 7.65. The Hall–Kier alpha value is -2.41. The Morgan fingerprint density at radius 1 is 1.44 bits per heavy atom. The molecule has 1 saturated heterocycles. The molecule has 0 unspecified atom stereocenters. The number of anilines is 1. The van der Waals surface area contributed by atoms with Gasteiger partial charge in [0.05, 0.1) is 19.2 Å². The molecule has 3 rings (SSSR count). The lowest BCUT2D eigenvalue weighted by molar-refractivity contribution is -0.132. The van der Waals surface area contributed by atoms with E-state index in [-0.39, 0.29) is 17.9 Å². The molecule has 2 aromatic heterocycles. The van der Waals surface area contributed by atoms with Crippen LogP contribution in [0.25, 0.3) is 0 Å². The van der Waals surface area contributed by atoms with Crippen LogP contribution in [0.2, 0.25) is 0 Å². The summed E-state index contributed by atoms with van der Waals surface area (Å²) in [5, 5.41) is 0. The molecular weight excluding hydrogens is 320 g/mol. The maximum Gasteiger partial charge on any atom is 0.234 e. The number of carbonyl (C=O) groups is 1. The molecule has 1 amide bonds. The minimum Gasteiger partial charge on any atom is -0.495 e. The Labute approximate surface area is 147 Å². The Bertz CT molecular complexity index is 713. The Kier molecular flexibility index (Phi) is 5.33. The summed E-state index contributed by atoms with van der Waals surface area (Å²) in [6.45, 7) is 3.50. The lowest BCUT2D eigenvalue weighted by atomic mass is 9.92. The zero-order valence-corrected chi connectivity index (χ0v) is 14.9. The van der Waals surface area contributed by atoms with Crippen LogP contribution in [0.3, 0.4) is 0 Å². The number of pyridine rings is 1. The van der Waals surface area contributed by atoms with Crippen molar-refractivity contribution in [3.63, 3.8) is 0 Å². The summed E-state index contributed by atoms with van der Waals surface area (Å²) in [6.07, 6.45) is 6.61. The molecule has 3 heterocycles. The molecule has 0 aromatic carbocycles. The quantitative estimate of drug-likeness (QED) is 0.833. The van der Waals surface area contributed by atoms with Crippen LogP contribution in [0, 0.1) is 5.92 Å². The first-order valence-electron chi connectivity index (χ1n) is 8.56. The molecule has 0 spiro atoms. The number of hydrogen-bond donors (Lipinski definition) is 0. The molecule has 1 aliphatic heterocycles. The molecule has 0 radical (unpaired) electrons. The molecule has 2 atom stereocenters. The van der Waals surface area contributed by atoms with E-state index in [1.54, 1.807) is 43.6 Å². The third-order valence-corrected chi connectivity index (χ3v) is 4.61. The highest BCUT2D eigenvalue weighted by Gasteiger charge is 2.37. The SMILES string of the molecule is CCn1ccnc1[C@@H]1OCCC[C@H]1C(=O)N(C)c1ccc(OC)cn1. The lowest BCUT2D eigenvalue weighted by Crippen LogP contribution is -2.40. The van der Waals surface area contributed by atoms with E-state index >= 15 is 0 Å². The van der Waals surface area contributed by atoms with Gasteiger partial charge in [-0.1, -0.05) is 0 Å². The maximum absolute atomic E-state index is 13.1.